The fourth-order valence-electron chi connectivity index (χ4n) is 2.46. The van der Waals surface area contributed by atoms with Gasteiger partial charge in [-0.05, 0) is 43.3 Å². The van der Waals surface area contributed by atoms with Gasteiger partial charge in [0, 0.05) is 31.0 Å². The van der Waals surface area contributed by atoms with Crippen molar-refractivity contribution in [2.24, 2.45) is 0 Å². The van der Waals surface area contributed by atoms with Crippen LogP contribution in [0.5, 0.6) is 5.75 Å². The molecule has 26 heavy (non-hydrogen) atoms. The zero-order valence-electron chi connectivity index (χ0n) is 14.7. The van der Waals surface area contributed by atoms with Gasteiger partial charge in [0.15, 0.2) is 6.73 Å². The van der Waals surface area contributed by atoms with Crippen molar-refractivity contribution < 1.29 is 9.53 Å². The van der Waals surface area contributed by atoms with Gasteiger partial charge in [-0.3, -0.25) is 9.48 Å². The zero-order chi connectivity index (χ0) is 18.5. The first kappa shape index (κ1) is 18.0. The molecule has 8 heteroatoms. The molecule has 0 aliphatic rings. The first-order valence-electron chi connectivity index (χ1n) is 8.25. The van der Waals surface area contributed by atoms with E-state index < -0.39 is 0 Å². The van der Waals surface area contributed by atoms with Crippen LogP contribution >= 0.6 is 11.6 Å². The smallest absolute Gasteiger partial charge is 0.272 e. The molecule has 0 unspecified atom stereocenters. The Kier molecular flexibility index (Phi) is 5.58. The molecule has 136 valence electrons. The molecule has 0 fully saturated rings. The van der Waals surface area contributed by atoms with Crippen molar-refractivity contribution in [2.45, 2.75) is 26.7 Å². The maximum atomic E-state index is 12.7. The van der Waals surface area contributed by atoms with Gasteiger partial charge in [0.25, 0.3) is 5.91 Å². The molecule has 0 spiro atoms. The monoisotopic (exact) mass is 373 g/mol. The van der Waals surface area contributed by atoms with E-state index in [1.165, 1.54) is 4.68 Å². The number of amides is 1. The Morgan fingerprint density at radius 2 is 2.00 bits per heavy atom. The summed E-state index contributed by atoms with van der Waals surface area (Å²) in [4.78, 5) is 14.3. The van der Waals surface area contributed by atoms with E-state index in [1.807, 2.05) is 23.9 Å². The molecule has 3 aromatic rings. The van der Waals surface area contributed by atoms with Crippen LogP contribution in [0.1, 0.15) is 23.1 Å². The molecule has 0 bridgehead atoms. The maximum Gasteiger partial charge on any atom is 0.272 e. The molecule has 0 saturated carbocycles. The number of aryl methyl sites for hydroxylation is 1. The Balaban J connectivity index is 1.64. The number of rotatable bonds is 7. The largest absolute Gasteiger partial charge is 0.471 e. The van der Waals surface area contributed by atoms with Crippen molar-refractivity contribution >= 4 is 17.5 Å². The lowest BCUT2D eigenvalue weighted by molar-refractivity contribution is 0.0760. The number of hydrogen-bond acceptors (Lipinski definition) is 4. The lowest BCUT2D eigenvalue weighted by atomic mass is 10.3. The molecule has 0 aliphatic heterocycles. The molecular weight excluding hydrogens is 354 g/mol. The van der Waals surface area contributed by atoms with E-state index in [9.17, 15) is 4.79 Å². The predicted molar refractivity (Wildman–Crippen MR) is 98.0 cm³/mol. The summed E-state index contributed by atoms with van der Waals surface area (Å²) in [5, 5.41) is 9.22. The summed E-state index contributed by atoms with van der Waals surface area (Å²) >= 11 is 5.86. The van der Waals surface area contributed by atoms with Crippen LogP contribution in [0.25, 0.3) is 0 Å². The molecule has 0 radical (unpaired) electrons. The highest BCUT2D eigenvalue weighted by Gasteiger charge is 2.18. The van der Waals surface area contributed by atoms with Crippen LogP contribution in [0.3, 0.4) is 0 Å². The number of carbonyl (C=O) groups excluding carboxylic acids is 1. The van der Waals surface area contributed by atoms with E-state index in [4.69, 9.17) is 16.3 Å². The number of nitrogens with zero attached hydrogens (tertiary/aromatic N) is 5. The Morgan fingerprint density at radius 3 is 2.69 bits per heavy atom. The summed E-state index contributed by atoms with van der Waals surface area (Å²) in [7, 11) is 1.74. The Morgan fingerprint density at radius 1 is 1.23 bits per heavy atom. The summed E-state index contributed by atoms with van der Waals surface area (Å²) in [5.41, 5.74) is 1.29. The van der Waals surface area contributed by atoms with Crippen LogP contribution in [-0.2, 0) is 19.8 Å². The Labute approximate surface area is 156 Å². The van der Waals surface area contributed by atoms with Crippen molar-refractivity contribution in [1.82, 2.24) is 24.5 Å². The lowest BCUT2D eigenvalue weighted by Gasteiger charge is -2.17. The molecular formula is C18H20ClN5O2. The lowest BCUT2D eigenvalue weighted by Crippen LogP contribution is -2.29. The van der Waals surface area contributed by atoms with Gasteiger partial charge in [-0.25, -0.2) is 4.68 Å². The van der Waals surface area contributed by atoms with E-state index in [0.29, 0.717) is 23.0 Å². The number of ether oxygens (including phenoxy) is 1. The third kappa shape index (κ3) is 4.23. The summed E-state index contributed by atoms with van der Waals surface area (Å²) in [6.45, 7) is 3.38. The Bertz CT molecular complexity index is 872. The normalized spacial score (nSPS) is 10.7. The van der Waals surface area contributed by atoms with Crippen molar-refractivity contribution in [3.63, 3.8) is 0 Å². The minimum Gasteiger partial charge on any atom is -0.471 e. The van der Waals surface area contributed by atoms with Gasteiger partial charge in [0.05, 0.1) is 12.2 Å². The van der Waals surface area contributed by atoms with Crippen molar-refractivity contribution in [2.75, 3.05) is 7.05 Å². The summed E-state index contributed by atoms with van der Waals surface area (Å²) < 4.78 is 9.02. The average Bonchev–Trinajstić information content (AvgIpc) is 3.29. The van der Waals surface area contributed by atoms with Crippen molar-refractivity contribution in [3.8, 4) is 5.75 Å². The highest BCUT2D eigenvalue weighted by atomic mass is 35.5. The SMILES string of the molecule is CCn1ccc(CN(C)C(=O)c2ccnn2COc2ccc(Cl)cc2)n1. The zero-order valence-corrected chi connectivity index (χ0v) is 15.4. The molecule has 2 heterocycles. The molecule has 7 nitrogen and oxygen atoms in total. The van der Waals surface area contributed by atoms with Gasteiger partial charge in [-0.15, -0.1) is 0 Å². The standard InChI is InChI=1S/C18H20ClN5O2/c1-3-23-11-9-15(21-23)12-22(2)18(25)17-8-10-20-24(17)13-26-16-6-4-14(19)5-7-16/h4-11H,3,12-13H2,1-2H3. The first-order chi connectivity index (χ1) is 12.6. The van der Waals surface area contributed by atoms with Crippen LogP contribution in [0, 0.1) is 0 Å². The first-order valence-corrected chi connectivity index (χ1v) is 8.62. The number of halogens is 1. The second kappa shape index (κ2) is 8.05. The number of benzene rings is 1. The highest BCUT2D eigenvalue weighted by molar-refractivity contribution is 6.30. The molecule has 0 atom stereocenters. The van der Waals surface area contributed by atoms with E-state index >= 15 is 0 Å². The van der Waals surface area contributed by atoms with Crippen LogP contribution < -0.4 is 4.74 Å². The molecule has 0 aliphatic carbocycles. The molecule has 0 saturated heterocycles. The van der Waals surface area contributed by atoms with Gasteiger partial charge in [-0.1, -0.05) is 11.6 Å². The topological polar surface area (TPSA) is 65.2 Å². The third-order valence-corrected chi connectivity index (χ3v) is 4.12. The number of aromatic nitrogens is 4. The van der Waals surface area contributed by atoms with Crippen LogP contribution in [0.4, 0.5) is 0 Å². The summed E-state index contributed by atoms with van der Waals surface area (Å²) in [5.74, 6) is 0.509. The second-order valence-corrected chi connectivity index (χ2v) is 6.20. The van der Waals surface area contributed by atoms with E-state index in [-0.39, 0.29) is 12.6 Å². The maximum absolute atomic E-state index is 12.7. The second-order valence-electron chi connectivity index (χ2n) is 5.77. The number of carbonyl (C=O) groups is 1. The van der Waals surface area contributed by atoms with Gasteiger partial charge >= 0.3 is 0 Å². The van der Waals surface area contributed by atoms with Gasteiger partial charge < -0.3 is 9.64 Å². The van der Waals surface area contributed by atoms with Gasteiger partial charge in [0.2, 0.25) is 0 Å². The van der Waals surface area contributed by atoms with Crippen molar-refractivity contribution in [3.05, 3.63) is 65.2 Å². The minimum absolute atomic E-state index is 0.133. The molecule has 3 rings (SSSR count). The van der Waals surface area contributed by atoms with E-state index in [2.05, 4.69) is 10.2 Å². The fourth-order valence-corrected chi connectivity index (χ4v) is 2.58. The third-order valence-electron chi connectivity index (χ3n) is 3.87. The molecule has 2 aromatic heterocycles. The van der Waals surface area contributed by atoms with Crippen LogP contribution in [0.15, 0.2) is 48.8 Å². The van der Waals surface area contributed by atoms with Gasteiger partial charge in [0.1, 0.15) is 11.4 Å². The average molecular weight is 374 g/mol. The van der Waals surface area contributed by atoms with Crippen LogP contribution in [0.2, 0.25) is 5.02 Å². The molecule has 1 aromatic carbocycles. The van der Waals surface area contributed by atoms with E-state index in [0.717, 1.165) is 12.2 Å². The molecule has 0 N–H and O–H groups in total. The molecule has 1 amide bonds. The summed E-state index contributed by atoms with van der Waals surface area (Å²) in [6.07, 6.45) is 3.48. The Hall–Kier alpha value is -2.80. The number of hydrogen-bond donors (Lipinski definition) is 0. The predicted octanol–water partition coefficient (Wildman–Crippen LogP) is 3.06. The van der Waals surface area contributed by atoms with Gasteiger partial charge in [-0.2, -0.15) is 10.2 Å². The summed E-state index contributed by atoms with van der Waals surface area (Å²) in [6, 6.07) is 10.6. The van der Waals surface area contributed by atoms with E-state index in [1.54, 1.807) is 48.5 Å². The van der Waals surface area contributed by atoms with Crippen LogP contribution in [-0.4, -0.2) is 37.4 Å². The highest BCUT2D eigenvalue weighted by Crippen LogP contribution is 2.16. The fraction of sp³-hybridized carbons (Fsp3) is 0.278. The quantitative estimate of drug-likeness (QED) is 0.638. The van der Waals surface area contributed by atoms with Crippen molar-refractivity contribution in [1.29, 1.82) is 0 Å². The minimum atomic E-state index is -0.145.